The highest BCUT2D eigenvalue weighted by Crippen LogP contribution is 2.46. The molecule has 0 bridgehead atoms. The number of urea groups is 1. The highest BCUT2D eigenvalue weighted by atomic mass is 19.3. The molecule has 2 N–H and O–H groups in total. The van der Waals surface area contributed by atoms with Crippen molar-refractivity contribution in [3.63, 3.8) is 0 Å². The Morgan fingerprint density at radius 3 is 2.45 bits per heavy atom. The number of hydrogen-bond acceptors (Lipinski definition) is 9. The molecule has 0 spiro atoms. The molecule has 1 fully saturated rings. The number of hydrogen-bond donors (Lipinski definition) is 2. The number of fused-ring (bicyclic) bond motifs is 3. The number of nitrogens with one attached hydrogen (secondary N) is 2. The highest BCUT2D eigenvalue weighted by molar-refractivity contribution is 6.06. The van der Waals surface area contributed by atoms with Gasteiger partial charge in [0.1, 0.15) is 17.4 Å². The maximum Gasteiger partial charge on any atom is 0.324 e. The molecule has 9 rings (SSSR count). The first kappa shape index (κ1) is 40.4. The van der Waals surface area contributed by atoms with Crippen LogP contribution in [0, 0.1) is 0 Å². The van der Waals surface area contributed by atoms with Gasteiger partial charge in [-0.2, -0.15) is 0 Å². The van der Waals surface area contributed by atoms with Crippen LogP contribution in [0.3, 0.4) is 0 Å². The predicted octanol–water partition coefficient (Wildman–Crippen LogP) is 7.24. The molecule has 0 radical (unpaired) electrons. The molecule has 5 aromatic rings. The summed E-state index contributed by atoms with van der Waals surface area (Å²) < 4.78 is 35.6. The summed E-state index contributed by atoms with van der Waals surface area (Å²) in [6.45, 7) is 5.36. The lowest BCUT2D eigenvalue weighted by Gasteiger charge is -2.39. The van der Waals surface area contributed by atoms with E-state index in [1.54, 1.807) is 60.3 Å². The van der Waals surface area contributed by atoms with Crippen LogP contribution >= 0.6 is 0 Å². The molecule has 4 aliphatic heterocycles. The maximum absolute atomic E-state index is 15.0. The smallest absolute Gasteiger partial charge is 0.324 e. The largest absolute Gasteiger partial charge is 0.356 e. The molecule has 318 valence electrons. The predicted molar refractivity (Wildman–Crippen MR) is 225 cm³/mol. The van der Waals surface area contributed by atoms with Crippen LogP contribution in [0.4, 0.5) is 30.6 Å². The van der Waals surface area contributed by atoms with Gasteiger partial charge in [0.15, 0.2) is 5.76 Å². The van der Waals surface area contributed by atoms with Crippen LogP contribution in [0.15, 0.2) is 71.4 Å². The zero-order valence-electron chi connectivity index (χ0n) is 34.6. The minimum atomic E-state index is -2.79. The zero-order valence-corrected chi connectivity index (χ0v) is 34.6. The number of imide groups is 1. The first-order chi connectivity index (χ1) is 29.8. The third-order valence-electron chi connectivity index (χ3n) is 12.3. The molecule has 2 aromatic heterocycles. The minimum Gasteiger partial charge on any atom is -0.356 e. The van der Waals surface area contributed by atoms with Gasteiger partial charge in [-0.05, 0) is 83.8 Å². The average molecular weight is 843 g/mol. The van der Waals surface area contributed by atoms with E-state index in [0.717, 1.165) is 34.5 Å². The second-order valence-corrected chi connectivity index (χ2v) is 16.5. The number of aromatic nitrogens is 2. The Morgan fingerprint density at radius 1 is 0.919 bits per heavy atom. The molecule has 62 heavy (non-hydrogen) atoms. The third-order valence-corrected chi connectivity index (χ3v) is 12.3. The Morgan fingerprint density at radius 2 is 1.71 bits per heavy atom. The van der Waals surface area contributed by atoms with Crippen LogP contribution < -0.4 is 20.4 Å². The van der Waals surface area contributed by atoms with E-state index < -0.39 is 24.3 Å². The number of alkyl halides is 2. The van der Waals surface area contributed by atoms with E-state index in [2.05, 4.69) is 51.7 Å². The Kier molecular flexibility index (Phi) is 10.3. The molecule has 0 aliphatic carbocycles. The summed E-state index contributed by atoms with van der Waals surface area (Å²) in [4.78, 5) is 74.9. The van der Waals surface area contributed by atoms with Crippen LogP contribution in [-0.4, -0.2) is 76.3 Å². The monoisotopic (exact) mass is 842 g/mol. The van der Waals surface area contributed by atoms with Crippen molar-refractivity contribution >= 4 is 46.7 Å². The quantitative estimate of drug-likeness (QED) is 0.146. The van der Waals surface area contributed by atoms with Gasteiger partial charge in [-0.3, -0.25) is 34.4 Å². The van der Waals surface area contributed by atoms with Gasteiger partial charge in [0.2, 0.25) is 11.8 Å². The number of amides is 6. The van der Waals surface area contributed by atoms with Crippen molar-refractivity contribution in [2.45, 2.75) is 77.6 Å². The fourth-order valence-electron chi connectivity index (χ4n) is 8.98. The summed E-state index contributed by atoms with van der Waals surface area (Å²) in [5, 5.41) is 9.20. The van der Waals surface area contributed by atoms with Crippen LogP contribution in [0.25, 0.3) is 22.5 Å². The molecule has 3 aromatic carbocycles. The summed E-state index contributed by atoms with van der Waals surface area (Å²) in [6, 6.07) is 16.6. The van der Waals surface area contributed by atoms with Crippen LogP contribution in [0.2, 0.25) is 0 Å². The molecule has 14 nitrogen and oxygen atoms in total. The summed E-state index contributed by atoms with van der Waals surface area (Å²) in [5.41, 5.74) is 8.21. The fraction of sp³-hybridized carbons (Fsp3) is 0.326. The molecule has 0 saturated carbocycles. The molecule has 6 heterocycles. The van der Waals surface area contributed by atoms with Gasteiger partial charge in [-0.15, -0.1) is 0 Å². The van der Waals surface area contributed by atoms with E-state index in [-0.39, 0.29) is 61.0 Å². The van der Waals surface area contributed by atoms with E-state index in [1.165, 1.54) is 17.2 Å². The van der Waals surface area contributed by atoms with Gasteiger partial charge in [0.05, 0.1) is 18.8 Å². The Hall–Kier alpha value is -6.97. The molecular formula is C46H44F2N8O6. The number of anilines is 3. The average Bonchev–Trinajstić information content (AvgIpc) is 3.88. The van der Waals surface area contributed by atoms with Gasteiger partial charge < -0.3 is 24.5 Å². The number of nitrogens with zero attached hydrogens (tertiary/aromatic N) is 6. The Bertz CT molecular complexity index is 2680. The number of piperidine rings is 1. The standard InChI is InChI=1S/C46H44F2N8O6/c1-24(2)27-16-38-34(22-53(3)46(61)54(38)4)39(17-27)55-14-6-7-25-15-31(32(42(47)48)19-37(25)55)26-10-11-35(49-20-26)43(58)50-21-28-18-40(62-52-28)29-8-5-9-30-33(29)23-56(45(30)60)36-12-13-41(57)51-44(36)59/h5,8-11,15-20,24,36,42H,6-7,12-14,21-23H2,1-4H3,(H,50,58)(H,51,57,59). The first-order valence-electron chi connectivity index (χ1n) is 20.6. The zero-order chi connectivity index (χ0) is 43.6. The van der Waals surface area contributed by atoms with Crippen LogP contribution in [-0.2, 0) is 35.6 Å². The molecule has 1 unspecified atom stereocenters. The van der Waals surface area contributed by atoms with E-state index >= 15 is 0 Å². The molecular weight excluding hydrogens is 799 g/mol. The van der Waals surface area contributed by atoms with Gasteiger partial charge in [-0.1, -0.05) is 37.2 Å². The van der Waals surface area contributed by atoms with Crippen molar-refractivity contribution in [2.24, 2.45) is 0 Å². The third kappa shape index (κ3) is 7.12. The highest BCUT2D eigenvalue weighted by Gasteiger charge is 2.40. The second-order valence-electron chi connectivity index (χ2n) is 16.5. The van der Waals surface area contributed by atoms with E-state index in [9.17, 15) is 32.8 Å². The molecule has 1 atom stereocenters. The molecule has 4 aliphatic rings. The molecule has 16 heteroatoms. The van der Waals surface area contributed by atoms with Gasteiger partial charge in [0, 0.05) is 85.1 Å². The summed E-state index contributed by atoms with van der Waals surface area (Å²) >= 11 is 0. The summed E-state index contributed by atoms with van der Waals surface area (Å²) in [6.07, 6.45) is 0.515. The van der Waals surface area contributed by atoms with Crippen molar-refractivity contribution < 1.29 is 37.3 Å². The SMILES string of the molecule is CC(C)c1cc2c(c(N3CCCc4cc(-c5ccc(C(=O)NCc6cc(-c7cccc8c7CN(C7CCC(=O)NC7=O)C8=O)on6)nc5)c(C(F)F)cc43)c1)CN(C)C(=O)N2C. The van der Waals surface area contributed by atoms with Crippen molar-refractivity contribution in [3.05, 3.63) is 112 Å². The van der Waals surface area contributed by atoms with E-state index in [4.69, 9.17) is 4.52 Å². The number of pyridine rings is 1. The van der Waals surface area contributed by atoms with Crippen LogP contribution in [0.5, 0.6) is 0 Å². The normalized spacial score (nSPS) is 17.5. The molecule has 6 amide bonds. The van der Waals surface area contributed by atoms with Crippen molar-refractivity contribution in [1.29, 1.82) is 0 Å². The molecule has 1 saturated heterocycles. The minimum absolute atomic E-state index is 0.00879. The first-order valence-corrected chi connectivity index (χ1v) is 20.6. The maximum atomic E-state index is 15.0. The second kappa shape index (κ2) is 15.8. The number of rotatable bonds is 9. The summed E-state index contributed by atoms with van der Waals surface area (Å²) in [7, 11) is 3.52. The Labute approximate surface area is 355 Å². The number of carbonyl (C=O) groups is 5. The number of benzene rings is 3. The van der Waals surface area contributed by atoms with Gasteiger partial charge in [0.25, 0.3) is 18.2 Å². The van der Waals surface area contributed by atoms with Crippen molar-refractivity contribution in [1.82, 2.24) is 30.6 Å². The number of aryl methyl sites for hydroxylation is 1. The fourth-order valence-corrected chi connectivity index (χ4v) is 8.98. The van der Waals surface area contributed by atoms with Crippen LogP contribution in [0.1, 0.15) is 99.8 Å². The van der Waals surface area contributed by atoms with Crippen molar-refractivity contribution in [3.8, 4) is 22.5 Å². The van der Waals surface area contributed by atoms with Crippen molar-refractivity contribution in [2.75, 3.05) is 30.4 Å². The summed E-state index contributed by atoms with van der Waals surface area (Å²) in [5.74, 6) is -1.14. The Balaban J connectivity index is 0.917. The number of halogens is 2. The lowest BCUT2D eigenvalue weighted by atomic mass is 9.90. The van der Waals surface area contributed by atoms with Gasteiger partial charge >= 0.3 is 6.03 Å². The van der Waals surface area contributed by atoms with E-state index in [1.807, 2.05) is 6.07 Å². The van der Waals surface area contributed by atoms with Gasteiger partial charge in [-0.25, -0.2) is 13.6 Å². The number of carbonyl (C=O) groups excluding carboxylic acids is 5. The lowest BCUT2D eigenvalue weighted by molar-refractivity contribution is -0.136. The lowest BCUT2D eigenvalue weighted by Crippen LogP contribution is -2.52. The van der Waals surface area contributed by atoms with E-state index in [0.29, 0.717) is 64.5 Å². The topological polar surface area (TPSA) is 161 Å².